The summed E-state index contributed by atoms with van der Waals surface area (Å²) in [4.78, 5) is 0. The first-order valence-electron chi connectivity index (χ1n) is 6.15. The molecular formula is C12H23O3S-. The summed E-state index contributed by atoms with van der Waals surface area (Å²) in [7, 11) is -4.07. The molecule has 0 aromatic heterocycles. The van der Waals surface area contributed by atoms with Gasteiger partial charge in [-0.3, -0.25) is 0 Å². The Hall–Kier alpha value is -0.350. The molecule has 0 aromatic rings. The smallest absolute Gasteiger partial charge is 0.0982 e. The maximum absolute atomic E-state index is 10.3. The van der Waals surface area contributed by atoms with Gasteiger partial charge in [0.15, 0.2) is 0 Å². The highest BCUT2D eigenvalue weighted by Crippen LogP contribution is 2.08. The van der Waals surface area contributed by atoms with Gasteiger partial charge in [-0.15, -0.1) is 0 Å². The molecule has 0 atom stereocenters. The van der Waals surface area contributed by atoms with Gasteiger partial charge in [-0.2, -0.15) is 0 Å². The van der Waals surface area contributed by atoms with Crippen molar-refractivity contribution < 1.29 is 13.0 Å². The van der Waals surface area contributed by atoms with Crippen LogP contribution in [-0.2, 0) is 10.1 Å². The highest BCUT2D eigenvalue weighted by molar-refractivity contribution is 7.85. The van der Waals surface area contributed by atoms with Crippen LogP contribution >= 0.6 is 0 Å². The van der Waals surface area contributed by atoms with Crippen molar-refractivity contribution in [3.63, 3.8) is 0 Å². The fourth-order valence-electron chi connectivity index (χ4n) is 1.52. The average Bonchev–Trinajstić information content (AvgIpc) is 2.19. The lowest BCUT2D eigenvalue weighted by Crippen LogP contribution is -2.00. The van der Waals surface area contributed by atoms with Gasteiger partial charge in [0.2, 0.25) is 0 Å². The zero-order valence-electron chi connectivity index (χ0n) is 10.2. The highest BCUT2D eigenvalue weighted by atomic mass is 32.2. The van der Waals surface area contributed by atoms with Crippen LogP contribution in [0.1, 0.15) is 58.3 Å². The van der Waals surface area contributed by atoms with Gasteiger partial charge in [0.1, 0.15) is 0 Å². The molecule has 0 heterocycles. The van der Waals surface area contributed by atoms with Crippen molar-refractivity contribution in [2.45, 2.75) is 58.3 Å². The summed E-state index contributed by atoms with van der Waals surface area (Å²) in [6.45, 7) is 2.20. The van der Waals surface area contributed by atoms with Crippen molar-refractivity contribution in [3.8, 4) is 0 Å². The van der Waals surface area contributed by atoms with Crippen LogP contribution in [0.5, 0.6) is 0 Å². The summed E-state index contributed by atoms with van der Waals surface area (Å²) in [6, 6.07) is 0. The molecule has 0 aromatic carbocycles. The number of allylic oxidation sites excluding steroid dienone is 1. The van der Waals surface area contributed by atoms with E-state index in [1.54, 1.807) is 6.08 Å². The summed E-state index contributed by atoms with van der Waals surface area (Å²) < 4.78 is 30.8. The molecule has 0 saturated carbocycles. The van der Waals surface area contributed by atoms with Gasteiger partial charge in [-0.1, -0.05) is 57.6 Å². The summed E-state index contributed by atoms with van der Waals surface area (Å²) in [5.74, 6) is -0.372. The van der Waals surface area contributed by atoms with Crippen LogP contribution in [0.25, 0.3) is 0 Å². The average molecular weight is 247 g/mol. The first-order valence-corrected chi connectivity index (χ1v) is 7.72. The Labute approximate surface area is 99.7 Å². The second-order valence-electron chi connectivity index (χ2n) is 4.11. The van der Waals surface area contributed by atoms with Gasteiger partial charge in [0.25, 0.3) is 0 Å². The Kier molecular flexibility index (Phi) is 9.63. The van der Waals surface area contributed by atoms with Gasteiger partial charge in [0, 0.05) is 0 Å². The zero-order valence-corrected chi connectivity index (χ0v) is 11.0. The number of hydrogen-bond acceptors (Lipinski definition) is 3. The van der Waals surface area contributed by atoms with Crippen molar-refractivity contribution in [1.29, 1.82) is 0 Å². The number of hydrogen-bond donors (Lipinski definition) is 0. The van der Waals surface area contributed by atoms with Crippen molar-refractivity contribution in [2.24, 2.45) is 0 Å². The van der Waals surface area contributed by atoms with Gasteiger partial charge in [-0.25, -0.2) is 8.42 Å². The lowest BCUT2D eigenvalue weighted by Gasteiger charge is -2.01. The Bertz CT molecular complexity index is 268. The predicted octanol–water partition coefficient (Wildman–Crippen LogP) is 3.23. The predicted molar refractivity (Wildman–Crippen MR) is 66.3 cm³/mol. The fraction of sp³-hybridized carbons (Fsp3) is 0.833. The zero-order chi connectivity index (χ0) is 12.3. The van der Waals surface area contributed by atoms with E-state index in [9.17, 15) is 13.0 Å². The molecule has 0 aliphatic rings. The van der Waals surface area contributed by atoms with Crippen molar-refractivity contribution in [2.75, 3.05) is 5.75 Å². The van der Waals surface area contributed by atoms with Crippen molar-refractivity contribution in [3.05, 3.63) is 12.2 Å². The van der Waals surface area contributed by atoms with Crippen LogP contribution in [0.2, 0.25) is 0 Å². The monoisotopic (exact) mass is 247 g/mol. The summed E-state index contributed by atoms with van der Waals surface area (Å²) in [5.41, 5.74) is 0. The van der Waals surface area contributed by atoms with Crippen LogP contribution in [-0.4, -0.2) is 18.7 Å². The van der Waals surface area contributed by atoms with E-state index in [0.29, 0.717) is 0 Å². The lowest BCUT2D eigenvalue weighted by atomic mass is 10.1. The summed E-state index contributed by atoms with van der Waals surface area (Å²) in [6.07, 6.45) is 12.9. The van der Waals surface area contributed by atoms with Crippen LogP contribution in [0.3, 0.4) is 0 Å². The van der Waals surface area contributed by atoms with E-state index in [2.05, 4.69) is 6.92 Å². The molecule has 0 bridgehead atoms. The largest absolute Gasteiger partial charge is 0.748 e. The highest BCUT2D eigenvalue weighted by Gasteiger charge is 1.90. The summed E-state index contributed by atoms with van der Waals surface area (Å²) in [5, 5.41) is 0. The minimum absolute atomic E-state index is 0.372. The molecule has 0 aliphatic carbocycles. The fourth-order valence-corrected chi connectivity index (χ4v) is 1.89. The molecule has 0 unspecified atom stereocenters. The van der Waals surface area contributed by atoms with Crippen LogP contribution in [0.4, 0.5) is 0 Å². The van der Waals surface area contributed by atoms with E-state index < -0.39 is 10.1 Å². The molecule has 0 aliphatic heterocycles. The maximum Gasteiger partial charge on any atom is 0.0982 e. The van der Waals surface area contributed by atoms with E-state index in [0.717, 1.165) is 12.8 Å². The minimum Gasteiger partial charge on any atom is -0.748 e. The molecule has 0 saturated heterocycles. The molecule has 0 N–H and O–H groups in total. The van der Waals surface area contributed by atoms with Gasteiger partial charge >= 0.3 is 0 Å². The summed E-state index contributed by atoms with van der Waals surface area (Å²) >= 11 is 0. The Morgan fingerprint density at radius 1 is 0.938 bits per heavy atom. The molecule has 96 valence electrons. The van der Waals surface area contributed by atoms with E-state index in [1.807, 2.05) is 0 Å². The normalized spacial score (nSPS) is 12.4. The quantitative estimate of drug-likeness (QED) is 0.338. The topological polar surface area (TPSA) is 57.2 Å². The second kappa shape index (κ2) is 9.85. The minimum atomic E-state index is -4.07. The maximum atomic E-state index is 10.3. The van der Waals surface area contributed by atoms with Crippen molar-refractivity contribution >= 4 is 10.1 Å². The first kappa shape index (κ1) is 15.7. The van der Waals surface area contributed by atoms with Crippen LogP contribution in [0, 0.1) is 0 Å². The molecule has 0 rings (SSSR count). The first-order chi connectivity index (χ1) is 7.56. The third kappa shape index (κ3) is 13.7. The second-order valence-corrected chi connectivity index (χ2v) is 5.55. The molecule has 3 nitrogen and oxygen atoms in total. The van der Waals surface area contributed by atoms with Crippen LogP contribution < -0.4 is 0 Å². The van der Waals surface area contributed by atoms with Gasteiger partial charge in [-0.05, 0) is 12.8 Å². The molecule has 0 spiro atoms. The lowest BCUT2D eigenvalue weighted by molar-refractivity contribution is 0.466. The molecule has 4 heteroatoms. The Morgan fingerprint density at radius 2 is 1.50 bits per heavy atom. The molecule has 0 amide bonds. The molecule has 16 heavy (non-hydrogen) atoms. The number of unbranched alkanes of at least 4 members (excludes halogenated alkanes) is 7. The number of rotatable bonds is 10. The molecular weight excluding hydrogens is 224 g/mol. The van der Waals surface area contributed by atoms with Crippen LogP contribution in [0.15, 0.2) is 12.2 Å². The van der Waals surface area contributed by atoms with E-state index in [-0.39, 0.29) is 5.75 Å². The standard InChI is InChI=1S/C12H24O3S/c1-2-3-4-5-6-7-8-9-10-11-12-16(13,14)15/h10-11H,2-9,12H2,1H3,(H,13,14,15)/p-1. The van der Waals surface area contributed by atoms with E-state index >= 15 is 0 Å². The Morgan fingerprint density at radius 3 is 2.06 bits per heavy atom. The van der Waals surface area contributed by atoms with Gasteiger partial charge < -0.3 is 4.55 Å². The van der Waals surface area contributed by atoms with Crippen molar-refractivity contribution in [1.82, 2.24) is 0 Å². The SMILES string of the molecule is CCCCCCCCCC=CCS(=O)(=O)[O-]. The molecule has 0 fully saturated rings. The van der Waals surface area contributed by atoms with E-state index in [1.165, 1.54) is 44.6 Å². The van der Waals surface area contributed by atoms with Gasteiger partial charge in [0.05, 0.1) is 15.9 Å². The van der Waals surface area contributed by atoms with E-state index in [4.69, 9.17) is 0 Å². The third-order valence-corrected chi connectivity index (χ3v) is 3.04. The molecule has 0 radical (unpaired) electrons. The Balaban J connectivity index is 3.21. The third-order valence-electron chi connectivity index (χ3n) is 2.44.